The lowest BCUT2D eigenvalue weighted by molar-refractivity contribution is 0.0199. The molecule has 6 nitrogen and oxygen atoms in total. The third-order valence-corrected chi connectivity index (χ3v) is 3.76. The molecular formula is C18H23N3O3. The first-order chi connectivity index (χ1) is 11.3. The summed E-state index contributed by atoms with van der Waals surface area (Å²) in [5, 5.41) is 11.8. The number of rotatable bonds is 2. The van der Waals surface area contributed by atoms with Crippen LogP contribution < -0.4 is 5.32 Å². The van der Waals surface area contributed by atoms with Crippen molar-refractivity contribution in [3.63, 3.8) is 0 Å². The van der Waals surface area contributed by atoms with Crippen molar-refractivity contribution in [1.82, 2.24) is 10.2 Å². The first-order valence-electron chi connectivity index (χ1n) is 8.07. The minimum atomic E-state index is -0.502. The molecule has 1 aromatic carbocycles. The third kappa shape index (κ3) is 4.98. The van der Waals surface area contributed by atoms with Crippen LogP contribution in [0.2, 0.25) is 0 Å². The second-order valence-corrected chi connectivity index (χ2v) is 6.90. The van der Waals surface area contributed by atoms with Crippen molar-refractivity contribution in [3.8, 4) is 6.07 Å². The Morgan fingerprint density at radius 3 is 2.29 bits per heavy atom. The highest BCUT2D eigenvalue weighted by molar-refractivity contribution is 5.94. The Labute approximate surface area is 142 Å². The van der Waals surface area contributed by atoms with E-state index in [1.165, 1.54) is 0 Å². The number of nitrogens with one attached hydrogen (secondary N) is 1. The summed E-state index contributed by atoms with van der Waals surface area (Å²) in [5.41, 5.74) is 0.554. The van der Waals surface area contributed by atoms with Crippen molar-refractivity contribution in [2.75, 3.05) is 13.1 Å². The molecule has 0 saturated carbocycles. The van der Waals surface area contributed by atoms with Gasteiger partial charge in [0.15, 0.2) is 0 Å². The maximum atomic E-state index is 12.2. The molecule has 24 heavy (non-hydrogen) atoms. The van der Waals surface area contributed by atoms with Crippen molar-refractivity contribution in [2.24, 2.45) is 0 Å². The second-order valence-electron chi connectivity index (χ2n) is 6.90. The van der Waals surface area contributed by atoms with Crippen molar-refractivity contribution in [1.29, 1.82) is 5.26 Å². The quantitative estimate of drug-likeness (QED) is 0.904. The molecule has 1 fully saturated rings. The van der Waals surface area contributed by atoms with Crippen molar-refractivity contribution in [3.05, 3.63) is 35.4 Å². The highest BCUT2D eigenvalue weighted by Crippen LogP contribution is 2.16. The number of nitrogens with zero attached hydrogens (tertiary/aromatic N) is 2. The van der Waals surface area contributed by atoms with Crippen molar-refractivity contribution < 1.29 is 14.3 Å². The molecule has 0 bridgehead atoms. The summed E-state index contributed by atoms with van der Waals surface area (Å²) in [6, 6.07) is 8.59. The smallest absolute Gasteiger partial charge is 0.410 e. The van der Waals surface area contributed by atoms with Crippen LogP contribution in [0.3, 0.4) is 0 Å². The summed E-state index contributed by atoms with van der Waals surface area (Å²) < 4.78 is 5.36. The Kier molecular flexibility index (Phi) is 5.45. The number of nitriles is 1. The molecule has 0 aliphatic carbocycles. The zero-order chi connectivity index (χ0) is 17.7. The lowest BCUT2D eigenvalue weighted by atomic mass is 10.0. The molecule has 6 heteroatoms. The summed E-state index contributed by atoms with van der Waals surface area (Å²) in [5.74, 6) is -0.157. The number of benzene rings is 1. The molecule has 2 amide bonds. The highest BCUT2D eigenvalue weighted by Gasteiger charge is 2.27. The standard InChI is InChI=1S/C18H23N3O3/c1-18(2,3)24-17(23)21-10-8-15(9-11-21)20-16(22)14-6-4-13(12-19)5-7-14/h4-7,15H,8-11H2,1-3H3,(H,20,22). The van der Waals surface area contributed by atoms with Gasteiger partial charge in [-0.05, 0) is 57.9 Å². The molecule has 128 valence electrons. The molecule has 1 N–H and O–H groups in total. The third-order valence-electron chi connectivity index (χ3n) is 3.76. The van der Waals surface area contributed by atoms with Gasteiger partial charge in [0.05, 0.1) is 11.6 Å². The number of hydrogen-bond donors (Lipinski definition) is 1. The van der Waals surface area contributed by atoms with Crippen LogP contribution in [-0.4, -0.2) is 41.6 Å². The minimum Gasteiger partial charge on any atom is -0.444 e. The lowest BCUT2D eigenvalue weighted by Crippen LogP contribution is -2.47. The Hall–Kier alpha value is -2.55. The molecule has 1 aliphatic heterocycles. The second kappa shape index (κ2) is 7.35. The molecular weight excluding hydrogens is 306 g/mol. The van der Waals surface area contributed by atoms with Gasteiger partial charge in [-0.2, -0.15) is 5.26 Å². The number of amides is 2. The maximum Gasteiger partial charge on any atom is 0.410 e. The van der Waals surface area contributed by atoms with E-state index in [1.54, 1.807) is 29.2 Å². The van der Waals surface area contributed by atoms with Crippen LogP contribution in [0.15, 0.2) is 24.3 Å². The summed E-state index contributed by atoms with van der Waals surface area (Å²) in [6.07, 6.45) is 1.09. The largest absolute Gasteiger partial charge is 0.444 e. The van der Waals surface area contributed by atoms with E-state index in [0.29, 0.717) is 37.1 Å². The monoisotopic (exact) mass is 329 g/mol. The van der Waals surface area contributed by atoms with Gasteiger partial charge in [0.25, 0.3) is 5.91 Å². The van der Waals surface area contributed by atoms with E-state index >= 15 is 0 Å². The summed E-state index contributed by atoms with van der Waals surface area (Å²) in [7, 11) is 0. The van der Waals surface area contributed by atoms with Gasteiger partial charge in [-0.1, -0.05) is 0 Å². The number of carbonyl (C=O) groups excluding carboxylic acids is 2. The SMILES string of the molecule is CC(C)(C)OC(=O)N1CCC(NC(=O)c2ccc(C#N)cc2)CC1. The van der Waals surface area contributed by atoms with E-state index in [1.807, 2.05) is 26.8 Å². The van der Waals surface area contributed by atoms with E-state index in [9.17, 15) is 9.59 Å². The average molecular weight is 329 g/mol. The summed E-state index contributed by atoms with van der Waals surface area (Å²) >= 11 is 0. The molecule has 0 spiro atoms. The molecule has 1 heterocycles. The van der Waals surface area contributed by atoms with Gasteiger partial charge >= 0.3 is 6.09 Å². The summed E-state index contributed by atoms with van der Waals surface area (Å²) in [4.78, 5) is 25.9. The molecule has 0 unspecified atom stereocenters. The zero-order valence-corrected chi connectivity index (χ0v) is 14.3. The highest BCUT2D eigenvalue weighted by atomic mass is 16.6. The Morgan fingerprint density at radius 1 is 1.21 bits per heavy atom. The number of ether oxygens (including phenoxy) is 1. The molecule has 1 saturated heterocycles. The fourth-order valence-electron chi connectivity index (χ4n) is 2.50. The van der Waals surface area contributed by atoms with Crippen LogP contribution >= 0.6 is 0 Å². The Balaban J connectivity index is 1.83. The first kappa shape index (κ1) is 17.8. The van der Waals surface area contributed by atoms with Crippen molar-refractivity contribution >= 4 is 12.0 Å². The fraction of sp³-hybridized carbons (Fsp3) is 0.500. The fourth-order valence-corrected chi connectivity index (χ4v) is 2.50. The lowest BCUT2D eigenvalue weighted by Gasteiger charge is -2.33. The number of hydrogen-bond acceptors (Lipinski definition) is 4. The predicted molar refractivity (Wildman–Crippen MR) is 89.5 cm³/mol. The normalized spacial score (nSPS) is 15.5. The molecule has 2 rings (SSSR count). The van der Waals surface area contributed by atoms with E-state index in [2.05, 4.69) is 5.32 Å². The Bertz CT molecular complexity index is 633. The average Bonchev–Trinajstić information content (AvgIpc) is 2.54. The van der Waals surface area contributed by atoms with E-state index < -0.39 is 5.60 Å². The molecule has 0 aromatic heterocycles. The molecule has 0 radical (unpaired) electrons. The van der Waals surface area contributed by atoms with Gasteiger partial charge < -0.3 is 15.0 Å². The topological polar surface area (TPSA) is 82.4 Å². The van der Waals surface area contributed by atoms with Crippen molar-refractivity contribution in [2.45, 2.75) is 45.3 Å². The van der Waals surface area contributed by atoms with Gasteiger partial charge in [-0.25, -0.2) is 4.79 Å². The maximum absolute atomic E-state index is 12.2. The number of piperidine rings is 1. The van der Waals surface area contributed by atoms with Crippen LogP contribution in [0.25, 0.3) is 0 Å². The van der Waals surface area contributed by atoms with Crippen LogP contribution in [0.1, 0.15) is 49.5 Å². The zero-order valence-electron chi connectivity index (χ0n) is 14.3. The van der Waals surface area contributed by atoms with Crippen LogP contribution in [-0.2, 0) is 4.74 Å². The molecule has 1 aromatic rings. The van der Waals surface area contributed by atoms with E-state index in [0.717, 1.165) is 0 Å². The van der Waals surface area contributed by atoms with Gasteiger partial charge in [0, 0.05) is 24.7 Å². The first-order valence-corrected chi connectivity index (χ1v) is 8.07. The molecule has 1 aliphatic rings. The van der Waals surface area contributed by atoms with Crippen LogP contribution in [0.5, 0.6) is 0 Å². The van der Waals surface area contributed by atoms with Crippen LogP contribution in [0.4, 0.5) is 4.79 Å². The minimum absolute atomic E-state index is 0.0341. The Morgan fingerprint density at radius 2 is 1.79 bits per heavy atom. The van der Waals surface area contributed by atoms with Crippen LogP contribution in [0, 0.1) is 11.3 Å². The predicted octanol–water partition coefficient (Wildman–Crippen LogP) is 2.69. The van der Waals surface area contributed by atoms with Gasteiger partial charge in [-0.15, -0.1) is 0 Å². The van der Waals surface area contributed by atoms with Gasteiger partial charge in [-0.3, -0.25) is 4.79 Å². The van der Waals surface area contributed by atoms with Gasteiger partial charge in [0.1, 0.15) is 5.60 Å². The van der Waals surface area contributed by atoms with E-state index in [4.69, 9.17) is 10.00 Å². The molecule has 0 atom stereocenters. The number of carbonyl (C=O) groups is 2. The van der Waals surface area contributed by atoms with E-state index in [-0.39, 0.29) is 18.0 Å². The van der Waals surface area contributed by atoms with Gasteiger partial charge in [0.2, 0.25) is 0 Å². The summed E-state index contributed by atoms with van der Waals surface area (Å²) in [6.45, 7) is 6.65. The number of likely N-dealkylation sites (tertiary alicyclic amines) is 1.